The van der Waals surface area contributed by atoms with Crippen LogP contribution in [0.1, 0.15) is 31.5 Å². The van der Waals surface area contributed by atoms with E-state index in [1.165, 1.54) is 0 Å². The number of carbonyl (C=O) groups excluding carboxylic acids is 1. The molecule has 2 heterocycles. The number of hydrogen-bond donors (Lipinski definition) is 1. The van der Waals surface area contributed by atoms with Crippen molar-refractivity contribution in [1.29, 1.82) is 0 Å². The van der Waals surface area contributed by atoms with E-state index >= 15 is 0 Å². The number of amides is 1. The highest BCUT2D eigenvalue weighted by Crippen LogP contribution is 2.10. The van der Waals surface area contributed by atoms with E-state index in [0.717, 1.165) is 32.5 Å². The molecule has 0 aromatic carbocycles. The molecule has 1 N–H and O–H groups in total. The van der Waals surface area contributed by atoms with Gasteiger partial charge in [0.2, 0.25) is 5.91 Å². The van der Waals surface area contributed by atoms with Gasteiger partial charge in [0.15, 0.2) is 5.82 Å². The van der Waals surface area contributed by atoms with Gasteiger partial charge in [0.1, 0.15) is 13.2 Å². The molecule has 1 saturated heterocycles. The van der Waals surface area contributed by atoms with Gasteiger partial charge in [-0.3, -0.25) is 4.79 Å². The molecule has 21 heavy (non-hydrogen) atoms. The van der Waals surface area contributed by atoms with Gasteiger partial charge >= 0.3 is 0 Å². The van der Waals surface area contributed by atoms with Crippen molar-refractivity contribution in [2.45, 2.75) is 39.3 Å². The molecule has 1 aromatic rings. The van der Waals surface area contributed by atoms with Crippen LogP contribution in [-0.4, -0.2) is 53.2 Å². The Kier molecular flexibility index (Phi) is 7.63. The lowest BCUT2D eigenvalue weighted by molar-refractivity contribution is -0.138. The lowest BCUT2D eigenvalue weighted by Gasteiger charge is -2.28. The van der Waals surface area contributed by atoms with Crippen LogP contribution in [0.25, 0.3) is 0 Å². The first-order chi connectivity index (χ1) is 9.70. The molecule has 1 amide bonds. The van der Waals surface area contributed by atoms with E-state index in [9.17, 15) is 4.79 Å². The number of nitrogens with one attached hydrogen (secondary N) is 1. The first-order valence-electron chi connectivity index (χ1n) is 7.07. The summed E-state index contributed by atoms with van der Waals surface area (Å²) in [5.74, 6) is 0.997. The third-order valence-electron chi connectivity index (χ3n) is 3.28. The molecule has 1 atom stereocenters. The van der Waals surface area contributed by atoms with E-state index in [1.54, 1.807) is 6.92 Å². The van der Waals surface area contributed by atoms with Crippen molar-refractivity contribution in [2.24, 2.45) is 0 Å². The summed E-state index contributed by atoms with van der Waals surface area (Å²) < 4.78 is 10.3. The predicted octanol–water partition coefficient (Wildman–Crippen LogP) is 0.917. The summed E-state index contributed by atoms with van der Waals surface area (Å²) in [4.78, 5) is 18.2. The molecule has 0 saturated carbocycles. The van der Waals surface area contributed by atoms with Crippen molar-refractivity contribution in [3.05, 3.63) is 11.7 Å². The number of hydrogen-bond acceptors (Lipinski definition) is 6. The van der Waals surface area contributed by atoms with Gasteiger partial charge in [0.05, 0.1) is 0 Å². The van der Waals surface area contributed by atoms with E-state index in [0.29, 0.717) is 11.7 Å². The van der Waals surface area contributed by atoms with Crippen molar-refractivity contribution in [3.63, 3.8) is 0 Å². The van der Waals surface area contributed by atoms with Gasteiger partial charge in [-0.15, -0.1) is 12.4 Å². The third kappa shape index (κ3) is 5.26. The van der Waals surface area contributed by atoms with Crippen LogP contribution in [0.3, 0.4) is 0 Å². The molecule has 8 heteroatoms. The van der Waals surface area contributed by atoms with Crippen LogP contribution < -0.4 is 5.32 Å². The van der Waals surface area contributed by atoms with Gasteiger partial charge in [-0.25, -0.2) is 0 Å². The quantitative estimate of drug-likeness (QED) is 0.805. The molecule has 1 fully saturated rings. The molecule has 0 aliphatic carbocycles. The number of carbonyl (C=O) groups is 1. The van der Waals surface area contributed by atoms with Gasteiger partial charge in [-0.05, 0) is 26.3 Å². The number of halogens is 1. The van der Waals surface area contributed by atoms with Gasteiger partial charge < -0.3 is 19.5 Å². The van der Waals surface area contributed by atoms with Crippen molar-refractivity contribution in [1.82, 2.24) is 20.4 Å². The maximum absolute atomic E-state index is 12.2. The van der Waals surface area contributed by atoms with Gasteiger partial charge in [0, 0.05) is 19.1 Å². The molecule has 1 aromatic heterocycles. The molecule has 120 valence electrons. The molecule has 0 spiro atoms. The minimum Gasteiger partial charge on any atom is -0.362 e. The predicted molar refractivity (Wildman–Crippen MR) is 79.2 cm³/mol. The molecule has 1 aliphatic heterocycles. The highest BCUT2D eigenvalue weighted by molar-refractivity contribution is 5.85. The summed E-state index contributed by atoms with van der Waals surface area (Å²) in [5, 5.41) is 6.96. The maximum atomic E-state index is 12.2. The number of nitrogens with zero attached hydrogens (tertiary/aromatic N) is 3. The topological polar surface area (TPSA) is 80.5 Å². The molecule has 0 radical (unpaired) electrons. The van der Waals surface area contributed by atoms with Gasteiger partial charge in [-0.2, -0.15) is 4.98 Å². The zero-order valence-corrected chi connectivity index (χ0v) is 13.3. The van der Waals surface area contributed by atoms with E-state index in [-0.39, 0.29) is 37.6 Å². The Hall–Kier alpha value is -1.18. The number of aryl methyl sites for hydroxylation is 1. The maximum Gasteiger partial charge on any atom is 0.252 e. The Morgan fingerprint density at radius 2 is 2.38 bits per heavy atom. The monoisotopic (exact) mass is 318 g/mol. The summed E-state index contributed by atoms with van der Waals surface area (Å²) in [6.07, 6.45) is 1.96. The molecular formula is C13H23ClN4O3. The zero-order valence-electron chi connectivity index (χ0n) is 12.5. The number of rotatable bonds is 7. The number of aromatic nitrogens is 2. The summed E-state index contributed by atoms with van der Waals surface area (Å²) >= 11 is 0. The van der Waals surface area contributed by atoms with Crippen molar-refractivity contribution >= 4 is 18.3 Å². The molecule has 0 bridgehead atoms. The fourth-order valence-corrected chi connectivity index (χ4v) is 2.36. The fourth-order valence-electron chi connectivity index (χ4n) is 2.36. The van der Waals surface area contributed by atoms with Crippen molar-refractivity contribution in [3.8, 4) is 0 Å². The Bertz CT molecular complexity index is 435. The van der Waals surface area contributed by atoms with E-state index in [2.05, 4.69) is 22.4 Å². The zero-order chi connectivity index (χ0) is 14.4. The second kappa shape index (κ2) is 8.96. The van der Waals surface area contributed by atoms with Gasteiger partial charge in [0.25, 0.3) is 5.89 Å². The molecule has 1 aliphatic rings. The Labute approximate surface area is 130 Å². The second-order valence-electron chi connectivity index (χ2n) is 4.96. The normalized spacial score (nSPS) is 17.5. The van der Waals surface area contributed by atoms with Crippen molar-refractivity contribution < 1.29 is 14.1 Å². The van der Waals surface area contributed by atoms with Crippen LogP contribution in [-0.2, 0) is 16.1 Å². The SMILES string of the molecule is CCCN(C(=O)COCc1nc(C)no1)C1CCNC1.Cl. The first kappa shape index (κ1) is 17.9. The average Bonchev–Trinajstić information content (AvgIpc) is 3.07. The Morgan fingerprint density at radius 3 is 2.95 bits per heavy atom. The highest BCUT2D eigenvalue weighted by Gasteiger charge is 2.25. The summed E-state index contributed by atoms with van der Waals surface area (Å²) in [6.45, 7) is 6.66. The van der Waals surface area contributed by atoms with E-state index < -0.39 is 0 Å². The minimum atomic E-state index is 0. The molecule has 2 rings (SSSR count). The lowest BCUT2D eigenvalue weighted by Crippen LogP contribution is -2.43. The Balaban J connectivity index is 0.00000220. The standard InChI is InChI=1S/C13H22N4O3.ClH/c1-3-6-17(11-4-5-14-7-11)13(18)9-19-8-12-15-10(2)16-20-12;/h11,14H,3-9H2,1-2H3;1H. The van der Waals surface area contributed by atoms with E-state index in [1.807, 2.05) is 4.90 Å². The smallest absolute Gasteiger partial charge is 0.252 e. The van der Waals surface area contributed by atoms with Crippen LogP contribution in [0, 0.1) is 6.92 Å². The first-order valence-corrected chi connectivity index (χ1v) is 7.07. The summed E-state index contributed by atoms with van der Waals surface area (Å²) in [7, 11) is 0. The largest absolute Gasteiger partial charge is 0.362 e. The second-order valence-corrected chi connectivity index (χ2v) is 4.96. The van der Waals surface area contributed by atoms with Crippen LogP contribution in [0.2, 0.25) is 0 Å². The lowest BCUT2D eigenvalue weighted by atomic mass is 10.2. The third-order valence-corrected chi connectivity index (χ3v) is 3.28. The van der Waals surface area contributed by atoms with Crippen LogP contribution >= 0.6 is 12.4 Å². The number of ether oxygens (including phenoxy) is 1. The van der Waals surface area contributed by atoms with Crippen LogP contribution in [0.15, 0.2) is 4.52 Å². The fraction of sp³-hybridized carbons (Fsp3) is 0.769. The van der Waals surface area contributed by atoms with Crippen molar-refractivity contribution in [2.75, 3.05) is 26.2 Å². The molecule has 7 nitrogen and oxygen atoms in total. The average molecular weight is 319 g/mol. The van der Waals surface area contributed by atoms with Crippen LogP contribution in [0.5, 0.6) is 0 Å². The van der Waals surface area contributed by atoms with Crippen LogP contribution in [0.4, 0.5) is 0 Å². The van der Waals surface area contributed by atoms with E-state index in [4.69, 9.17) is 9.26 Å². The highest BCUT2D eigenvalue weighted by atomic mass is 35.5. The van der Waals surface area contributed by atoms with Gasteiger partial charge in [-0.1, -0.05) is 12.1 Å². The molecular weight excluding hydrogens is 296 g/mol. The molecule has 1 unspecified atom stereocenters. The summed E-state index contributed by atoms with van der Waals surface area (Å²) in [5.41, 5.74) is 0. The minimum absolute atomic E-state index is 0. The Morgan fingerprint density at radius 1 is 1.57 bits per heavy atom. The summed E-state index contributed by atoms with van der Waals surface area (Å²) in [6, 6.07) is 0.289.